The first-order valence-electron chi connectivity index (χ1n) is 7.56. The van der Waals surface area contributed by atoms with E-state index in [4.69, 9.17) is 10.5 Å². The summed E-state index contributed by atoms with van der Waals surface area (Å²) in [5, 5.41) is 4.06. The minimum Gasteiger partial charge on any atom is -0.377 e. The Hall–Kier alpha value is -0.270. The summed E-state index contributed by atoms with van der Waals surface area (Å²) < 4.78 is 5.17. The van der Waals surface area contributed by atoms with Gasteiger partial charge in [-0.05, 0) is 18.1 Å². The number of hydrogen-bond donors (Lipinski definition) is 2. The van der Waals surface area contributed by atoms with E-state index in [0.717, 1.165) is 42.5 Å². The zero-order valence-corrected chi connectivity index (χ0v) is 16.4. The summed E-state index contributed by atoms with van der Waals surface area (Å²) in [6.07, 6.45) is 2.04. The van der Waals surface area contributed by atoms with Gasteiger partial charge in [-0.2, -0.15) is 11.8 Å². The molecule has 1 aromatic heterocycles. The summed E-state index contributed by atoms with van der Waals surface area (Å²) >= 11 is 1.94. The molecule has 0 radical (unpaired) electrons. The molecule has 1 aliphatic rings. The molecule has 3 N–H and O–H groups in total. The lowest BCUT2D eigenvalue weighted by Crippen LogP contribution is -2.35. The number of ether oxygens (including phenoxy) is 1. The van der Waals surface area contributed by atoms with Crippen LogP contribution in [-0.4, -0.2) is 40.7 Å². The molecule has 134 valence electrons. The number of aromatic nitrogens is 2. The lowest BCUT2D eigenvalue weighted by molar-refractivity contribution is 0.177. The first-order valence-corrected chi connectivity index (χ1v) is 8.61. The average Bonchev–Trinajstić information content (AvgIpc) is 2.40. The minimum absolute atomic E-state index is 0. The summed E-state index contributed by atoms with van der Waals surface area (Å²) in [6, 6.07) is 2.39. The van der Waals surface area contributed by atoms with Gasteiger partial charge < -0.3 is 15.8 Å². The molecule has 0 aromatic carbocycles. The molecule has 8 heteroatoms. The maximum atomic E-state index is 5.88. The third-order valence-electron chi connectivity index (χ3n) is 3.52. The first kappa shape index (κ1) is 22.7. The van der Waals surface area contributed by atoms with Gasteiger partial charge >= 0.3 is 0 Å². The number of nitrogens with two attached hydrogens (primary N) is 1. The Morgan fingerprint density at radius 1 is 1.35 bits per heavy atom. The summed E-state index contributed by atoms with van der Waals surface area (Å²) in [5.74, 6) is 3.20. The van der Waals surface area contributed by atoms with Gasteiger partial charge in [0.15, 0.2) is 5.82 Å². The van der Waals surface area contributed by atoms with Crippen molar-refractivity contribution >= 4 is 42.4 Å². The van der Waals surface area contributed by atoms with Gasteiger partial charge in [0.1, 0.15) is 12.4 Å². The summed E-state index contributed by atoms with van der Waals surface area (Å²) in [6.45, 7) is 5.78. The highest BCUT2D eigenvalue weighted by Gasteiger charge is 2.29. The quantitative estimate of drug-likeness (QED) is 0.672. The van der Waals surface area contributed by atoms with Crippen molar-refractivity contribution in [2.75, 3.05) is 24.7 Å². The lowest BCUT2D eigenvalue weighted by atomic mass is 9.78. The molecular weight excluding hydrogens is 355 g/mol. The van der Waals surface area contributed by atoms with Gasteiger partial charge in [-0.25, -0.2) is 9.97 Å². The highest BCUT2D eigenvalue weighted by Crippen LogP contribution is 2.35. The van der Waals surface area contributed by atoms with Crippen LogP contribution in [0.3, 0.4) is 0 Å². The topological polar surface area (TPSA) is 73.1 Å². The molecule has 0 aliphatic heterocycles. The fourth-order valence-electron chi connectivity index (χ4n) is 2.39. The number of thioether (sulfide) groups is 1. The third-order valence-corrected chi connectivity index (χ3v) is 4.62. The van der Waals surface area contributed by atoms with Crippen LogP contribution in [-0.2, 0) is 11.3 Å². The molecule has 1 heterocycles. The SMILES string of the molecule is COCc1nc(NCCSC(C)C)cc(C2CC(N)C2)n1.Cl.Cl. The molecule has 1 aliphatic carbocycles. The maximum absolute atomic E-state index is 5.88. The van der Waals surface area contributed by atoms with Crippen molar-refractivity contribution in [1.29, 1.82) is 0 Å². The van der Waals surface area contributed by atoms with Gasteiger partial charge in [0, 0.05) is 43.1 Å². The van der Waals surface area contributed by atoms with Crippen LogP contribution < -0.4 is 11.1 Å². The van der Waals surface area contributed by atoms with E-state index < -0.39 is 0 Å². The molecule has 0 atom stereocenters. The standard InChI is InChI=1S/C15H26N4OS.2ClH/c1-10(2)21-5-4-17-14-8-13(11-6-12(16)7-11)18-15(19-14)9-20-3;;/h8,10-12H,4-7,9,16H2,1-3H3,(H,17,18,19);2*1H. The van der Waals surface area contributed by atoms with Gasteiger partial charge in [-0.1, -0.05) is 13.8 Å². The van der Waals surface area contributed by atoms with Crippen LogP contribution in [0.4, 0.5) is 5.82 Å². The Balaban J connectivity index is 0.00000242. The number of halogens is 2. The molecule has 0 spiro atoms. The van der Waals surface area contributed by atoms with E-state index >= 15 is 0 Å². The van der Waals surface area contributed by atoms with Gasteiger partial charge in [-0.15, -0.1) is 24.8 Å². The van der Waals surface area contributed by atoms with Crippen LogP contribution >= 0.6 is 36.6 Å². The fourth-order valence-corrected chi connectivity index (χ4v) is 3.08. The normalized spacial score (nSPS) is 19.5. The number of anilines is 1. The second kappa shape index (κ2) is 11.3. The van der Waals surface area contributed by atoms with Crippen molar-refractivity contribution in [1.82, 2.24) is 9.97 Å². The number of hydrogen-bond acceptors (Lipinski definition) is 6. The monoisotopic (exact) mass is 382 g/mol. The van der Waals surface area contributed by atoms with Crippen LogP contribution in [0.15, 0.2) is 6.07 Å². The van der Waals surface area contributed by atoms with Crippen LogP contribution in [0.2, 0.25) is 0 Å². The Morgan fingerprint density at radius 2 is 2.04 bits per heavy atom. The molecule has 1 saturated carbocycles. The highest BCUT2D eigenvalue weighted by atomic mass is 35.5. The number of methoxy groups -OCH3 is 1. The minimum atomic E-state index is 0. The maximum Gasteiger partial charge on any atom is 0.156 e. The van der Waals surface area contributed by atoms with E-state index in [1.54, 1.807) is 7.11 Å². The Morgan fingerprint density at radius 3 is 2.61 bits per heavy atom. The molecule has 0 amide bonds. The fraction of sp³-hybridized carbons (Fsp3) is 0.733. The Kier molecular flexibility index (Phi) is 11.2. The van der Waals surface area contributed by atoms with Crippen molar-refractivity contribution in [3.8, 4) is 0 Å². The van der Waals surface area contributed by atoms with E-state index in [1.807, 2.05) is 11.8 Å². The van der Waals surface area contributed by atoms with E-state index in [-0.39, 0.29) is 24.8 Å². The van der Waals surface area contributed by atoms with E-state index in [1.165, 1.54) is 0 Å². The largest absolute Gasteiger partial charge is 0.377 e. The molecule has 23 heavy (non-hydrogen) atoms. The predicted octanol–water partition coefficient (Wildman–Crippen LogP) is 3.22. The van der Waals surface area contributed by atoms with Gasteiger partial charge in [0.05, 0.1) is 0 Å². The lowest BCUT2D eigenvalue weighted by Gasteiger charge is -2.32. The Labute approximate surface area is 155 Å². The molecule has 0 bridgehead atoms. The van der Waals surface area contributed by atoms with Gasteiger partial charge in [0.2, 0.25) is 0 Å². The zero-order valence-electron chi connectivity index (χ0n) is 13.9. The second-order valence-electron chi connectivity index (χ2n) is 5.80. The van der Waals surface area contributed by atoms with Crippen LogP contribution in [0.5, 0.6) is 0 Å². The molecule has 1 fully saturated rings. The smallest absolute Gasteiger partial charge is 0.156 e. The second-order valence-corrected chi connectivity index (χ2v) is 7.49. The van der Waals surface area contributed by atoms with Crippen LogP contribution in [0.1, 0.15) is 44.1 Å². The van der Waals surface area contributed by atoms with E-state index in [2.05, 4.69) is 35.2 Å². The average molecular weight is 383 g/mol. The van der Waals surface area contributed by atoms with Crippen molar-refractivity contribution < 1.29 is 4.74 Å². The first-order chi connectivity index (χ1) is 10.1. The van der Waals surface area contributed by atoms with Crippen molar-refractivity contribution in [2.24, 2.45) is 5.73 Å². The Bertz CT molecular complexity index is 459. The molecule has 1 aromatic rings. The van der Waals surface area contributed by atoms with Gasteiger partial charge in [-0.3, -0.25) is 0 Å². The van der Waals surface area contributed by atoms with Crippen molar-refractivity contribution in [3.05, 3.63) is 17.6 Å². The highest BCUT2D eigenvalue weighted by molar-refractivity contribution is 7.99. The van der Waals surface area contributed by atoms with E-state index in [9.17, 15) is 0 Å². The van der Waals surface area contributed by atoms with E-state index in [0.29, 0.717) is 23.8 Å². The molecule has 0 unspecified atom stereocenters. The molecule has 5 nitrogen and oxygen atoms in total. The number of nitrogens with zero attached hydrogens (tertiary/aromatic N) is 2. The molecular formula is C15H28Cl2N4OS. The van der Waals surface area contributed by atoms with Crippen molar-refractivity contribution in [2.45, 2.75) is 50.5 Å². The van der Waals surface area contributed by atoms with Crippen LogP contribution in [0.25, 0.3) is 0 Å². The summed E-state index contributed by atoms with van der Waals surface area (Å²) in [7, 11) is 1.67. The summed E-state index contributed by atoms with van der Waals surface area (Å²) in [5.41, 5.74) is 6.98. The molecule has 2 rings (SSSR count). The predicted molar refractivity (Wildman–Crippen MR) is 103 cm³/mol. The van der Waals surface area contributed by atoms with Crippen molar-refractivity contribution in [3.63, 3.8) is 0 Å². The number of rotatable bonds is 8. The number of nitrogens with one attached hydrogen (secondary N) is 1. The molecule has 0 saturated heterocycles. The summed E-state index contributed by atoms with van der Waals surface area (Å²) in [4.78, 5) is 9.11. The third kappa shape index (κ3) is 7.44. The van der Waals surface area contributed by atoms with Gasteiger partial charge in [0.25, 0.3) is 0 Å². The zero-order chi connectivity index (χ0) is 15.2. The van der Waals surface area contributed by atoms with Crippen LogP contribution in [0, 0.1) is 0 Å².